The SMILES string of the molecule is CCN(CC)CCCC(C)N(C(=O)OCCCC(=O)NCCC(P(=O)(O)O)P(=O)(O)O)c1ccnc2cc(Cl)ccc12. The lowest BCUT2D eigenvalue weighted by Crippen LogP contribution is -2.40. The highest BCUT2D eigenvalue weighted by molar-refractivity contribution is 7.70. The van der Waals surface area contributed by atoms with E-state index in [9.17, 15) is 38.3 Å². The van der Waals surface area contributed by atoms with E-state index in [2.05, 4.69) is 29.0 Å². The van der Waals surface area contributed by atoms with E-state index in [1.807, 2.05) is 6.92 Å². The van der Waals surface area contributed by atoms with Crippen LogP contribution in [-0.2, 0) is 18.7 Å². The van der Waals surface area contributed by atoms with Crippen LogP contribution in [-0.4, -0.2) is 85.7 Å². The normalized spacial score (nSPS) is 13.0. The minimum absolute atomic E-state index is 0.0696. The standard InChI is InChI=1S/C26H41ClN4O9P2/c1-4-30(5-2)16-6-8-19(3)31(23-12-14-28-22-18-20(27)10-11-21(22)23)26(33)40-17-7-9-24(32)29-15-13-25(41(34,35)36)42(37,38)39/h10-12,14,18-19,25H,4-9,13,15-17H2,1-3H3,(H,29,32)(H2,34,35,36)(H2,37,38,39). The Kier molecular flexibility index (Phi) is 14.3. The van der Waals surface area contributed by atoms with E-state index in [0.29, 0.717) is 16.2 Å². The van der Waals surface area contributed by atoms with Gasteiger partial charge in [-0.05, 0) is 76.5 Å². The van der Waals surface area contributed by atoms with Crippen LogP contribution in [0.5, 0.6) is 0 Å². The van der Waals surface area contributed by atoms with Crippen molar-refractivity contribution in [2.45, 2.75) is 64.3 Å². The molecular formula is C26H41ClN4O9P2. The maximum Gasteiger partial charge on any atom is 0.414 e. The van der Waals surface area contributed by atoms with Crippen molar-refractivity contribution in [3.63, 3.8) is 0 Å². The molecule has 2 amide bonds. The molecule has 2 aromatic rings. The topological polar surface area (TPSA) is 190 Å². The van der Waals surface area contributed by atoms with E-state index in [4.69, 9.17) is 16.3 Å². The number of amides is 2. The van der Waals surface area contributed by atoms with Gasteiger partial charge in [0, 0.05) is 35.6 Å². The summed E-state index contributed by atoms with van der Waals surface area (Å²) in [6, 6.07) is 6.78. The van der Waals surface area contributed by atoms with Crippen molar-refractivity contribution in [3.05, 3.63) is 35.5 Å². The molecule has 0 aliphatic heterocycles. The lowest BCUT2D eigenvalue weighted by Gasteiger charge is -2.30. The molecule has 0 saturated carbocycles. The Balaban J connectivity index is 2.02. The first-order valence-corrected chi connectivity index (χ1v) is 17.5. The molecule has 42 heavy (non-hydrogen) atoms. The summed E-state index contributed by atoms with van der Waals surface area (Å²) < 4.78 is 28.3. The zero-order valence-electron chi connectivity index (χ0n) is 24.1. The predicted octanol–water partition coefficient (Wildman–Crippen LogP) is 4.31. The number of halogens is 1. The summed E-state index contributed by atoms with van der Waals surface area (Å²) in [6.07, 6.45) is 2.10. The summed E-state index contributed by atoms with van der Waals surface area (Å²) in [5.41, 5.74) is 1.25. The largest absolute Gasteiger partial charge is 0.449 e. The molecule has 0 aliphatic rings. The highest BCUT2D eigenvalue weighted by atomic mass is 35.5. The number of hydrogen-bond donors (Lipinski definition) is 5. The summed E-state index contributed by atoms with van der Waals surface area (Å²) in [7, 11) is -10.1. The van der Waals surface area contributed by atoms with Crippen LogP contribution in [0.4, 0.5) is 10.5 Å². The van der Waals surface area contributed by atoms with Crippen molar-refractivity contribution in [2.24, 2.45) is 0 Å². The van der Waals surface area contributed by atoms with Crippen LogP contribution in [0.15, 0.2) is 30.5 Å². The summed E-state index contributed by atoms with van der Waals surface area (Å²) in [4.78, 5) is 70.5. The van der Waals surface area contributed by atoms with Crippen LogP contribution in [0.25, 0.3) is 10.9 Å². The number of hydrogen-bond acceptors (Lipinski definition) is 7. The number of ether oxygens (including phenoxy) is 1. The number of carbonyl (C=O) groups is 2. The molecule has 0 saturated heterocycles. The van der Waals surface area contributed by atoms with Gasteiger partial charge in [-0.3, -0.25) is 23.8 Å². The first-order chi connectivity index (χ1) is 19.7. The van der Waals surface area contributed by atoms with Crippen molar-refractivity contribution in [1.82, 2.24) is 15.2 Å². The van der Waals surface area contributed by atoms with Gasteiger partial charge >= 0.3 is 21.3 Å². The zero-order valence-corrected chi connectivity index (χ0v) is 26.6. The van der Waals surface area contributed by atoms with Crippen LogP contribution >= 0.6 is 26.8 Å². The van der Waals surface area contributed by atoms with E-state index >= 15 is 0 Å². The molecule has 1 atom stereocenters. The summed E-state index contributed by atoms with van der Waals surface area (Å²) in [5.74, 6) is -0.514. The van der Waals surface area contributed by atoms with Crippen molar-refractivity contribution in [2.75, 3.05) is 37.7 Å². The molecule has 0 bridgehead atoms. The predicted molar refractivity (Wildman–Crippen MR) is 162 cm³/mol. The first-order valence-electron chi connectivity index (χ1n) is 13.8. The fourth-order valence-corrected chi connectivity index (χ4v) is 7.20. The van der Waals surface area contributed by atoms with Gasteiger partial charge in [0.25, 0.3) is 0 Å². The van der Waals surface area contributed by atoms with Crippen LogP contribution < -0.4 is 10.2 Å². The van der Waals surface area contributed by atoms with Crippen LogP contribution in [0, 0.1) is 0 Å². The van der Waals surface area contributed by atoms with Gasteiger partial charge in [-0.25, -0.2) is 4.79 Å². The summed E-state index contributed by atoms with van der Waals surface area (Å²) in [6.45, 7) is 8.52. The second kappa shape index (κ2) is 16.7. The molecule has 1 aromatic carbocycles. The molecule has 1 aromatic heterocycles. The summed E-state index contributed by atoms with van der Waals surface area (Å²) >= 11 is 6.15. The maximum atomic E-state index is 13.4. The Labute approximate surface area is 250 Å². The van der Waals surface area contributed by atoms with Gasteiger partial charge in [0.05, 0.1) is 17.8 Å². The number of rotatable bonds is 17. The van der Waals surface area contributed by atoms with Crippen LogP contribution in [0.3, 0.4) is 0 Å². The number of pyridine rings is 1. The Bertz CT molecular complexity index is 1260. The highest BCUT2D eigenvalue weighted by Crippen LogP contribution is 2.61. The number of benzene rings is 1. The van der Waals surface area contributed by atoms with Crippen molar-refractivity contribution >= 4 is 55.4 Å². The van der Waals surface area contributed by atoms with E-state index in [-0.39, 0.29) is 32.0 Å². The Morgan fingerprint density at radius 1 is 1.05 bits per heavy atom. The molecule has 0 aliphatic carbocycles. The fraction of sp³-hybridized carbons (Fsp3) is 0.577. The molecule has 13 nitrogen and oxygen atoms in total. The van der Waals surface area contributed by atoms with Gasteiger partial charge in [-0.1, -0.05) is 25.4 Å². The monoisotopic (exact) mass is 650 g/mol. The van der Waals surface area contributed by atoms with E-state index in [0.717, 1.165) is 37.9 Å². The Hall–Kier alpha value is -2.08. The number of aromatic nitrogens is 1. The molecule has 2 rings (SSSR count). The average Bonchev–Trinajstić information content (AvgIpc) is 2.90. The molecule has 236 valence electrons. The van der Waals surface area contributed by atoms with Crippen molar-refractivity contribution < 1.29 is 43.0 Å². The first kappa shape index (κ1) is 36.1. The lowest BCUT2D eigenvalue weighted by atomic mass is 10.1. The second-order valence-electron chi connectivity index (χ2n) is 9.90. The van der Waals surface area contributed by atoms with Gasteiger partial charge < -0.3 is 34.5 Å². The molecule has 1 unspecified atom stereocenters. The lowest BCUT2D eigenvalue weighted by molar-refractivity contribution is -0.121. The third kappa shape index (κ3) is 11.2. The zero-order chi connectivity index (χ0) is 31.5. The average molecular weight is 651 g/mol. The quantitative estimate of drug-likeness (QED) is 0.121. The van der Waals surface area contributed by atoms with E-state index in [1.165, 1.54) is 0 Å². The Morgan fingerprint density at radius 2 is 1.71 bits per heavy atom. The fourth-order valence-electron chi connectivity index (χ4n) is 4.53. The molecule has 16 heteroatoms. The van der Waals surface area contributed by atoms with Crippen molar-refractivity contribution in [1.29, 1.82) is 0 Å². The molecule has 5 N–H and O–H groups in total. The van der Waals surface area contributed by atoms with Gasteiger partial charge in [0.1, 0.15) is 0 Å². The number of carbonyl (C=O) groups excluding carboxylic acids is 2. The number of nitrogens with one attached hydrogen (secondary N) is 1. The third-order valence-electron chi connectivity index (χ3n) is 6.84. The van der Waals surface area contributed by atoms with Gasteiger partial charge in [-0.2, -0.15) is 0 Å². The minimum atomic E-state index is -5.06. The van der Waals surface area contributed by atoms with Gasteiger partial charge in [-0.15, -0.1) is 0 Å². The van der Waals surface area contributed by atoms with Crippen molar-refractivity contribution in [3.8, 4) is 0 Å². The number of anilines is 1. The van der Waals surface area contributed by atoms with E-state index in [1.54, 1.807) is 35.4 Å². The molecule has 0 fully saturated rings. The molecule has 0 radical (unpaired) electrons. The minimum Gasteiger partial charge on any atom is -0.449 e. The molecule has 1 heterocycles. The number of fused-ring (bicyclic) bond motifs is 1. The summed E-state index contributed by atoms with van der Waals surface area (Å²) in [5, 5.41) is 1.45. The second-order valence-corrected chi connectivity index (χ2v) is 14.3. The number of nitrogens with zero attached hydrogens (tertiary/aromatic N) is 3. The smallest absolute Gasteiger partial charge is 0.414 e. The maximum absolute atomic E-state index is 13.4. The highest BCUT2D eigenvalue weighted by Gasteiger charge is 2.42. The van der Waals surface area contributed by atoms with Gasteiger partial charge in [0.15, 0.2) is 5.40 Å². The molecule has 0 spiro atoms. The van der Waals surface area contributed by atoms with Crippen LogP contribution in [0.1, 0.15) is 52.9 Å². The van der Waals surface area contributed by atoms with E-state index < -0.39 is 39.0 Å². The third-order valence-corrected chi connectivity index (χ3v) is 11.0. The van der Waals surface area contributed by atoms with Crippen LogP contribution in [0.2, 0.25) is 5.02 Å². The Morgan fingerprint density at radius 3 is 2.33 bits per heavy atom. The van der Waals surface area contributed by atoms with Gasteiger partial charge in [0.2, 0.25) is 5.91 Å². The molecular weight excluding hydrogens is 610 g/mol.